The predicted molar refractivity (Wildman–Crippen MR) is 156 cm³/mol. The van der Waals surface area contributed by atoms with Gasteiger partial charge in [-0.15, -0.1) is 11.6 Å². The number of ether oxygens (including phenoxy) is 2. The number of alkyl halides is 1. The largest absolute Gasteiger partial charge is 1.00 e. The second-order valence-corrected chi connectivity index (χ2v) is 15.8. The highest BCUT2D eigenvalue weighted by atomic mass is 35.5. The number of hydrogen-bond acceptors (Lipinski definition) is 14. The van der Waals surface area contributed by atoms with E-state index in [4.69, 9.17) is 53.5 Å². The third-order valence-electron chi connectivity index (χ3n) is 7.85. The molecule has 0 unspecified atom stereocenters. The zero-order chi connectivity index (χ0) is 32.3. The number of esters is 2. The van der Waals surface area contributed by atoms with Crippen molar-refractivity contribution in [2.75, 3.05) is 106 Å². The molecule has 8 heterocycles. The van der Waals surface area contributed by atoms with Crippen molar-refractivity contribution in [3.63, 3.8) is 0 Å². The molecular formula is C26H45Cl2N3O12P2. The first-order chi connectivity index (χ1) is 20.8. The minimum atomic E-state index is -3.30. The van der Waals surface area contributed by atoms with Crippen LogP contribution in [-0.2, 0) is 55.3 Å². The number of likely N-dealkylation sites (tertiary alicyclic amines) is 2. The van der Waals surface area contributed by atoms with Gasteiger partial charge < -0.3 is 31.3 Å². The molecular weight excluding hydrogens is 679 g/mol. The highest BCUT2D eigenvalue weighted by molar-refractivity contribution is 7.48. The Hall–Kier alpha value is -0.850. The maximum atomic E-state index is 12.0. The smallest absolute Gasteiger partial charge is 0.474 e. The third-order valence-corrected chi connectivity index (χ3v) is 10.7. The van der Waals surface area contributed by atoms with E-state index in [-0.39, 0.29) is 77.1 Å². The molecule has 260 valence electrons. The van der Waals surface area contributed by atoms with Crippen LogP contribution in [0.3, 0.4) is 0 Å². The van der Waals surface area contributed by atoms with Crippen LogP contribution in [0.15, 0.2) is 0 Å². The molecule has 0 aromatic heterocycles. The van der Waals surface area contributed by atoms with E-state index in [0.717, 1.165) is 17.6 Å². The highest BCUT2D eigenvalue weighted by Gasteiger charge is 2.52. The van der Waals surface area contributed by atoms with Crippen molar-refractivity contribution < 1.29 is 72.2 Å². The van der Waals surface area contributed by atoms with Gasteiger partial charge in [-0.3, -0.25) is 31.9 Å². The van der Waals surface area contributed by atoms with Gasteiger partial charge in [-0.1, -0.05) is 0 Å². The monoisotopic (exact) mass is 723 g/mol. The molecule has 8 aliphatic rings. The summed E-state index contributed by atoms with van der Waals surface area (Å²) in [6.45, 7) is 8.19. The molecule has 0 aromatic rings. The van der Waals surface area contributed by atoms with E-state index in [0.29, 0.717) is 6.54 Å². The van der Waals surface area contributed by atoms with Crippen LogP contribution in [0.2, 0.25) is 0 Å². The molecule has 0 saturated carbocycles. The minimum Gasteiger partial charge on any atom is -1.00 e. The molecule has 45 heavy (non-hydrogen) atoms. The lowest BCUT2D eigenvalue weighted by atomic mass is 9.92. The number of nitrogens with zero attached hydrogens (tertiary/aromatic N) is 3. The molecule has 8 fully saturated rings. The van der Waals surface area contributed by atoms with E-state index in [2.05, 4.69) is 19.0 Å². The van der Waals surface area contributed by atoms with Crippen molar-refractivity contribution in [2.24, 2.45) is 10.8 Å². The number of phosphoric acid groups is 2. The Labute approximate surface area is 276 Å². The lowest BCUT2D eigenvalue weighted by Crippen LogP contribution is -3.00. The van der Waals surface area contributed by atoms with E-state index >= 15 is 0 Å². The summed E-state index contributed by atoms with van der Waals surface area (Å²) in [7, 11) is -2.33. The van der Waals surface area contributed by atoms with Gasteiger partial charge >= 0.3 is 27.6 Å². The number of quaternary nitrogens is 1. The fraction of sp³-hybridized carbons (Fsp3) is 0.885. The third kappa shape index (κ3) is 12.6. The molecule has 8 aliphatic heterocycles. The lowest BCUT2D eigenvalue weighted by molar-refractivity contribution is -0.890. The van der Waals surface area contributed by atoms with Gasteiger partial charge in [-0.2, -0.15) is 5.26 Å². The van der Waals surface area contributed by atoms with Gasteiger partial charge in [0.05, 0.1) is 76.7 Å². The molecule has 4 bridgehead atoms. The van der Waals surface area contributed by atoms with Gasteiger partial charge in [0.25, 0.3) is 0 Å². The molecule has 0 spiro atoms. The maximum absolute atomic E-state index is 12.0. The summed E-state index contributed by atoms with van der Waals surface area (Å²) >= 11 is 5.28. The molecule has 0 atom stereocenters. The average molecular weight is 725 g/mol. The Kier molecular flexibility index (Phi) is 16.2. The second-order valence-electron chi connectivity index (χ2n) is 12.2. The number of phosphoric ester groups is 2. The number of nitriles is 1. The molecule has 0 aromatic carbocycles. The van der Waals surface area contributed by atoms with Crippen LogP contribution in [0.25, 0.3) is 0 Å². The maximum Gasteiger partial charge on any atom is 0.474 e. The number of rotatable bonds is 7. The van der Waals surface area contributed by atoms with Gasteiger partial charge in [-0.25, -0.2) is 13.9 Å². The summed E-state index contributed by atoms with van der Waals surface area (Å²) in [6.07, 6.45) is 5.16. The Morgan fingerprint density at radius 2 is 1.18 bits per heavy atom. The number of halogens is 2. The molecule has 8 rings (SSSR count). The fourth-order valence-electron chi connectivity index (χ4n) is 5.01. The normalized spacial score (nSPS) is 33.8. The van der Waals surface area contributed by atoms with Crippen LogP contribution in [0, 0.1) is 22.2 Å². The molecule has 0 amide bonds. The number of likely N-dealkylation sites (N-methyl/N-ethyl adjacent to an activating group) is 1. The van der Waals surface area contributed by atoms with Gasteiger partial charge in [0.15, 0.2) is 6.54 Å². The van der Waals surface area contributed by atoms with Crippen molar-refractivity contribution in [3.05, 3.63) is 0 Å². The SMILES string of the molecule is CC#N.CN1CCCC1.C[N+]1(CC(=O)OCC23COP(=O)(OC2)OC3)CCCC1.O=C(CCl)OCC12COP(=O)(OC1)OC2.[Cl-]. The van der Waals surface area contributed by atoms with Crippen molar-refractivity contribution in [1.82, 2.24) is 4.90 Å². The van der Waals surface area contributed by atoms with E-state index in [1.165, 1.54) is 45.7 Å². The van der Waals surface area contributed by atoms with Crippen molar-refractivity contribution in [2.45, 2.75) is 32.6 Å². The molecule has 19 heteroatoms. The molecule has 0 aliphatic carbocycles. The molecule has 0 radical (unpaired) electrons. The fourth-order valence-corrected chi connectivity index (χ4v) is 8.13. The van der Waals surface area contributed by atoms with Gasteiger partial charge in [0.2, 0.25) is 0 Å². The first-order valence-electron chi connectivity index (χ1n) is 14.6. The summed E-state index contributed by atoms with van der Waals surface area (Å²) < 4.78 is 64.0. The zero-order valence-corrected chi connectivity index (χ0v) is 29.4. The van der Waals surface area contributed by atoms with E-state index < -0.39 is 32.4 Å². The molecule has 8 saturated heterocycles. The van der Waals surface area contributed by atoms with Crippen molar-refractivity contribution in [1.29, 1.82) is 5.26 Å². The Balaban J connectivity index is 0.000000248. The van der Waals surface area contributed by atoms with E-state index in [1.54, 1.807) is 6.07 Å². The Morgan fingerprint density at radius 1 is 0.822 bits per heavy atom. The van der Waals surface area contributed by atoms with E-state index in [1.807, 2.05) is 0 Å². The summed E-state index contributed by atoms with van der Waals surface area (Å²) in [5, 5.41) is 7.32. The number of carbonyl (C=O) groups excluding carboxylic acids is 2. The Morgan fingerprint density at radius 3 is 1.49 bits per heavy atom. The number of carbonyl (C=O) groups is 2. The summed E-state index contributed by atoms with van der Waals surface area (Å²) in [5.74, 6) is -0.912. The lowest BCUT2D eigenvalue weighted by Gasteiger charge is -2.43. The Bertz CT molecular complexity index is 1050. The van der Waals surface area contributed by atoms with Crippen molar-refractivity contribution in [3.8, 4) is 6.07 Å². The second kappa shape index (κ2) is 18.1. The van der Waals surface area contributed by atoms with Gasteiger partial charge in [0.1, 0.15) is 19.1 Å². The summed E-state index contributed by atoms with van der Waals surface area (Å²) in [4.78, 5) is 25.2. The number of fused-ring (bicyclic) bond motifs is 6. The quantitative estimate of drug-likeness (QED) is 0.150. The van der Waals surface area contributed by atoms with Crippen LogP contribution in [0.1, 0.15) is 32.6 Å². The van der Waals surface area contributed by atoms with E-state index in [9.17, 15) is 18.7 Å². The highest BCUT2D eigenvalue weighted by Crippen LogP contribution is 2.60. The summed E-state index contributed by atoms with van der Waals surface area (Å²) in [5.41, 5.74) is -1.06. The predicted octanol–water partition coefficient (Wildman–Crippen LogP) is 0.127. The van der Waals surface area contributed by atoms with Crippen LogP contribution < -0.4 is 12.4 Å². The average Bonchev–Trinajstić information content (AvgIpc) is 3.68. The topological polar surface area (TPSA) is 169 Å². The summed E-state index contributed by atoms with van der Waals surface area (Å²) in [6, 6.07) is 1.75. The molecule has 15 nitrogen and oxygen atoms in total. The molecule has 0 N–H and O–H groups in total. The van der Waals surface area contributed by atoms with Crippen molar-refractivity contribution >= 4 is 39.2 Å². The van der Waals surface area contributed by atoms with Gasteiger partial charge in [0, 0.05) is 19.8 Å². The van der Waals surface area contributed by atoms with Crippen LogP contribution in [0.5, 0.6) is 0 Å². The standard InChI is InChI=1S/C12H21NO6P.C7H10ClO6P.C5H11N.C2H3N.ClH/c1-13(4-2-3-5-13)6-11(14)16-7-12-8-17-20(15,18-9-12)19-10-12;8-1-6(9)11-2-7-3-12-15(10,13-4-7)14-5-7;1-6-4-2-3-5-6;1-2-3;/h2-10H2,1H3;1-5H2;2-5H2,1H3;1H3;1H/q+1;;;;/p-1. The first kappa shape index (κ1) is 40.3. The van der Waals surface area contributed by atoms with Crippen LogP contribution >= 0.6 is 27.2 Å². The zero-order valence-electron chi connectivity index (χ0n) is 26.1. The van der Waals surface area contributed by atoms with Crippen LogP contribution in [-0.4, -0.2) is 127 Å². The minimum absolute atomic E-state index is 0. The van der Waals surface area contributed by atoms with Crippen LogP contribution in [0.4, 0.5) is 0 Å². The van der Waals surface area contributed by atoms with Gasteiger partial charge in [-0.05, 0) is 33.0 Å². The number of hydrogen-bond donors (Lipinski definition) is 0. The first-order valence-corrected chi connectivity index (χ1v) is 18.0.